The standard InChI is InChI=1S/C8H9ClN2O3S/c1-10-8(12)11-15(13,14)7-4-2-6(9)3-5-7/h2-5H,1H3,(H2,10,11,12). The van der Waals surface area contributed by atoms with Gasteiger partial charge in [0.1, 0.15) is 0 Å². The molecule has 0 heterocycles. The summed E-state index contributed by atoms with van der Waals surface area (Å²) in [6.45, 7) is 0. The maximum atomic E-state index is 11.5. The number of carbonyl (C=O) groups is 1. The second-order valence-electron chi connectivity index (χ2n) is 2.64. The topological polar surface area (TPSA) is 75.3 Å². The van der Waals surface area contributed by atoms with Gasteiger partial charge in [0.25, 0.3) is 10.0 Å². The molecule has 0 saturated heterocycles. The number of amides is 2. The number of hydrogen-bond acceptors (Lipinski definition) is 3. The SMILES string of the molecule is CNC(=O)NS(=O)(=O)c1ccc(Cl)cc1. The molecule has 0 spiro atoms. The van der Waals surface area contributed by atoms with E-state index in [4.69, 9.17) is 11.6 Å². The quantitative estimate of drug-likeness (QED) is 0.819. The lowest BCUT2D eigenvalue weighted by Gasteiger charge is -2.05. The van der Waals surface area contributed by atoms with Crippen LogP contribution in [0.25, 0.3) is 0 Å². The van der Waals surface area contributed by atoms with Crippen molar-refractivity contribution < 1.29 is 13.2 Å². The number of benzene rings is 1. The second-order valence-corrected chi connectivity index (χ2v) is 4.76. The van der Waals surface area contributed by atoms with Gasteiger partial charge < -0.3 is 5.32 Å². The molecule has 0 aliphatic heterocycles. The zero-order chi connectivity index (χ0) is 11.5. The highest BCUT2D eigenvalue weighted by molar-refractivity contribution is 7.90. The third-order valence-corrected chi connectivity index (χ3v) is 3.18. The summed E-state index contributed by atoms with van der Waals surface area (Å²) in [6.07, 6.45) is 0. The highest BCUT2D eigenvalue weighted by Gasteiger charge is 2.15. The summed E-state index contributed by atoms with van der Waals surface area (Å²) >= 11 is 5.60. The molecule has 2 N–H and O–H groups in total. The largest absolute Gasteiger partial charge is 0.340 e. The van der Waals surface area contributed by atoms with Gasteiger partial charge in [0.05, 0.1) is 4.90 Å². The molecule has 2 amide bonds. The van der Waals surface area contributed by atoms with Gasteiger partial charge in [0, 0.05) is 12.1 Å². The number of hydrogen-bond donors (Lipinski definition) is 2. The molecule has 1 aromatic rings. The Morgan fingerprint density at radius 3 is 2.27 bits per heavy atom. The number of rotatable bonds is 2. The molecule has 15 heavy (non-hydrogen) atoms. The summed E-state index contributed by atoms with van der Waals surface area (Å²) in [7, 11) is -2.48. The molecule has 82 valence electrons. The van der Waals surface area contributed by atoms with Crippen LogP contribution < -0.4 is 10.0 Å². The van der Waals surface area contributed by atoms with Crippen molar-refractivity contribution in [3.63, 3.8) is 0 Å². The third-order valence-electron chi connectivity index (χ3n) is 1.58. The highest BCUT2D eigenvalue weighted by atomic mass is 35.5. The first kappa shape index (κ1) is 11.8. The number of urea groups is 1. The Balaban J connectivity index is 2.96. The van der Waals surface area contributed by atoms with Crippen LogP contribution in [0.5, 0.6) is 0 Å². The van der Waals surface area contributed by atoms with Gasteiger partial charge in [-0.05, 0) is 24.3 Å². The normalized spacial score (nSPS) is 10.8. The van der Waals surface area contributed by atoms with Crippen molar-refractivity contribution in [2.24, 2.45) is 0 Å². The molecule has 0 aromatic heterocycles. The van der Waals surface area contributed by atoms with Gasteiger partial charge in [-0.25, -0.2) is 17.9 Å². The Hall–Kier alpha value is -1.27. The van der Waals surface area contributed by atoms with E-state index in [0.717, 1.165) is 0 Å². The smallest absolute Gasteiger partial charge is 0.328 e. The van der Waals surface area contributed by atoms with Gasteiger partial charge in [-0.2, -0.15) is 0 Å². The minimum Gasteiger partial charge on any atom is -0.340 e. The van der Waals surface area contributed by atoms with Crippen molar-refractivity contribution >= 4 is 27.7 Å². The van der Waals surface area contributed by atoms with Crippen LogP contribution in [-0.2, 0) is 10.0 Å². The Morgan fingerprint density at radius 2 is 1.80 bits per heavy atom. The second kappa shape index (κ2) is 4.50. The molecule has 0 aliphatic rings. The first-order valence-corrected chi connectivity index (χ1v) is 5.82. The fraction of sp³-hybridized carbons (Fsp3) is 0.125. The Morgan fingerprint density at radius 1 is 1.27 bits per heavy atom. The minimum atomic E-state index is -3.81. The van der Waals surface area contributed by atoms with Crippen molar-refractivity contribution in [2.45, 2.75) is 4.90 Å². The Bertz CT molecular complexity index is 455. The number of nitrogens with one attached hydrogen (secondary N) is 2. The lowest BCUT2D eigenvalue weighted by molar-refractivity contribution is 0.248. The summed E-state index contributed by atoms with van der Waals surface area (Å²) in [6, 6.07) is 4.70. The number of sulfonamides is 1. The molecule has 0 aliphatic carbocycles. The lowest BCUT2D eigenvalue weighted by Crippen LogP contribution is -2.37. The lowest BCUT2D eigenvalue weighted by atomic mass is 10.4. The number of carbonyl (C=O) groups excluding carboxylic acids is 1. The van der Waals surface area contributed by atoms with E-state index in [0.29, 0.717) is 5.02 Å². The maximum Gasteiger partial charge on any atom is 0.328 e. The van der Waals surface area contributed by atoms with Crippen LogP contribution in [0.1, 0.15) is 0 Å². The molecule has 1 aromatic carbocycles. The average Bonchev–Trinajstić information content (AvgIpc) is 2.17. The van der Waals surface area contributed by atoms with Crippen LogP contribution in [0, 0.1) is 0 Å². The highest BCUT2D eigenvalue weighted by Crippen LogP contribution is 2.13. The van der Waals surface area contributed by atoms with Crippen molar-refractivity contribution in [3.05, 3.63) is 29.3 Å². The molecule has 0 unspecified atom stereocenters. The zero-order valence-corrected chi connectivity index (χ0v) is 9.39. The van der Waals surface area contributed by atoms with E-state index < -0.39 is 16.1 Å². The first-order valence-electron chi connectivity index (χ1n) is 3.96. The van der Waals surface area contributed by atoms with Gasteiger partial charge in [0.2, 0.25) is 0 Å². The molecule has 0 atom stereocenters. The molecule has 1 rings (SSSR count). The van der Waals surface area contributed by atoms with Crippen molar-refractivity contribution in [1.29, 1.82) is 0 Å². The Labute approximate surface area is 92.5 Å². The van der Waals surface area contributed by atoms with E-state index >= 15 is 0 Å². The van der Waals surface area contributed by atoms with E-state index in [1.54, 1.807) is 0 Å². The molecular formula is C8H9ClN2O3S. The maximum absolute atomic E-state index is 11.5. The zero-order valence-electron chi connectivity index (χ0n) is 7.82. The van der Waals surface area contributed by atoms with Crippen LogP contribution in [0.2, 0.25) is 5.02 Å². The van der Waals surface area contributed by atoms with E-state index in [1.165, 1.54) is 31.3 Å². The minimum absolute atomic E-state index is 0.0181. The molecule has 7 heteroatoms. The van der Waals surface area contributed by atoms with Crippen molar-refractivity contribution in [1.82, 2.24) is 10.0 Å². The monoisotopic (exact) mass is 248 g/mol. The van der Waals surface area contributed by atoms with Crippen molar-refractivity contribution in [2.75, 3.05) is 7.05 Å². The van der Waals surface area contributed by atoms with Crippen LogP contribution in [0.15, 0.2) is 29.2 Å². The predicted octanol–water partition coefficient (Wildman–Crippen LogP) is 0.958. The Kier molecular flexibility index (Phi) is 3.54. The first-order chi connectivity index (χ1) is 6.95. The van der Waals surface area contributed by atoms with Gasteiger partial charge in [-0.3, -0.25) is 0 Å². The van der Waals surface area contributed by atoms with Crippen LogP contribution in [-0.4, -0.2) is 21.5 Å². The molecule has 0 radical (unpaired) electrons. The van der Waals surface area contributed by atoms with Crippen LogP contribution in [0.4, 0.5) is 4.79 Å². The fourth-order valence-corrected chi connectivity index (χ4v) is 1.93. The number of halogens is 1. The summed E-state index contributed by atoms with van der Waals surface area (Å²) in [5.74, 6) is 0. The van der Waals surface area contributed by atoms with Gasteiger partial charge >= 0.3 is 6.03 Å². The van der Waals surface area contributed by atoms with E-state index in [-0.39, 0.29) is 4.90 Å². The fourth-order valence-electron chi connectivity index (χ4n) is 0.846. The van der Waals surface area contributed by atoms with Gasteiger partial charge in [-0.1, -0.05) is 11.6 Å². The van der Waals surface area contributed by atoms with Crippen LogP contribution in [0.3, 0.4) is 0 Å². The molecule has 0 bridgehead atoms. The van der Waals surface area contributed by atoms with E-state index in [2.05, 4.69) is 5.32 Å². The van der Waals surface area contributed by atoms with Crippen LogP contribution >= 0.6 is 11.6 Å². The summed E-state index contributed by atoms with van der Waals surface area (Å²) in [4.78, 5) is 10.8. The molecule has 0 saturated carbocycles. The molecule has 5 nitrogen and oxygen atoms in total. The summed E-state index contributed by atoms with van der Waals surface area (Å²) < 4.78 is 24.8. The van der Waals surface area contributed by atoms with Crippen molar-refractivity contribution in [3.8, 4) is 0 Å². The van der Waals surface area contributed by atoms with Gasteiger partial charge in [0.15, 0.2) is 0 Å². The average molecular weight is 249 g/mol. The predicted molar refractivity (Wildman–Crippen MR) is 56.2 cm³/mol. The van der Waals surface area contributed by atoms with Gasteiger partial charge in [-0.15, -0.1) is 0 Å². The third kappa shape index (κ3) is 3.10. The van der Waals surface area contributed by atoms with E-state index in [9.17, 15) is 13.2 Å². The summed E-state index contributed by atoms with van der Waals surface area (Å²) in [5.41, 5.74) is 0. The molecule has 0 fully saturated rings. The van der Waals surface area contributed by atoms with E-state index in [1.807, 2.05) is 4.72 Å². The molecular weight excluding hydrogens is 240 g/mol. The summed E-state index contributed by atoms with van der Waals surface area (Å²) in [5, 5.41) is 2.57.